The molecule has 2 heterocycles. The molecule has 1 unspecified atom stereocenters. The number of furan rings is 1. The van der Waals surface area contributed by atoms with Crippen LogP contribution in [0.5, 0.6) is 0 Å². The first-order chi connectivity index (χ1) is 10.4. The van der Waals surface area contributed by atoms with Crippen LogP contribution in [0.4, 0.5) is 0 Å². The minimum absolute atomic E-state index is 0.182. The molecule has 1 aromatic carbocycles. The van der Waals surface area contributed by atoms with E-state index in [9.17, 15) is 0 Å². The van der Waals surface area contributed by atoms with Gasteiger partial charge in [-0.3, -0.25) is 4.98 Å². The summed E-state index contributed by atoms with van der Waals surface area (Å²) < 4.78 is 6.02. The van der Waals surface area contributed by atoms with Crippen molar-refractivity contribution in [2.75, 3.05) is 6.54 Å². The van der Waals surface area contributed by atoms with Gasteiger partial charge in [0, 0.05) is 17.8 Å². The van der Waals surface area contributed by atoms with Crippen LogP contribution in [0.25, 0.3) is 11.0 Å². The molecule has 0 saturated carbocycles. The Balaban J connectivity index is 1.87. The summed E-state index contributed by atoms with van der Waals surface area (Å²) in [5.74, 6) is 0.994. The number of fused-ring (bicyclic) bond motifs is 1. The average molecular weight is 280 g/mol. The summed E-state index contributed by atoms with van der Waals surface area (Å²) in [6.45, 7) is 3.15. The Labute approximate surface area is 125 Å². The molecule has 1 atom stereocenters. The highest BCUT2D eigenvalue weighted by Gasteiger charge is 2.16. The van der Waals surface area contributed by atoms with E-state index in [4.69, 9.17) is 4.42 Å². The third-order valence-electron chi connectivity index (χ3n) is 3.59. The van der Waals surface area contributed by atoms with E-state index in [1.807, 2.05) is 30.5 Å². The Hall–Kier alpha value is -2.13. The number of nitrogens with one attached hydrogen (secondary N) is 1. The van der Waals surface area contributed by atoms with Gasteiger partial charge in [0.1, 0.15) is 11.3 Å². The van der Waals surface area contributed by atoms with Gasteiger partial charge < -0.3 is 9.73 Å². The van der Waals surface area contributed by atoms with Crippen molar-refractivity contribution in [3.05, 3.63) is 66.2 Å². The lowest BCUT2D eigenvalue weighted by Crippen LogP contribution is -2.23. The summed E-state index contributed by atoms with van der Waals surface area (Å²) in [7, 11) is 0. The van der Waals surface area contributed by atoms with Crippen LogP contribution in [-0.2, 0) is 6.42 Å². The fourth-order valence-corrected chi connectivity index (χ4v) is 2.52. The van der Waals surface area contributed by atoms with Crippen molar-refractivity contribution >= 4 is 11.0 Å². The van der Waals surface area contributed by atoms with Crippen LogP contribution in [0.3, 0.4) is 0 Å². The van der Waals surface area contributed by atoms with E-state index in [0.717, 1.165) is 36.1 Å². The molecule has 21 heavy (non-hydrogen) atoms. The van der Waals surface area contributed by atoms with Gasteiger partial charge in [0.25, 0.3) is 0 Å². The van der Waals surface area contributed by atoms with Gasteiger partial charge >= 0.3 is 0 Å². The molecule has 0 radical (unpaired) electrons. The van der Waals surface area contributed by atoms with Gasteiger partial charge in [-0.1, -0.05) is 31.2 Å². The number of para-hydroxylation sites is 1. The summed E-state index contributed by atoms with van der Waals surface area (Å²) in [5, 5.41) is 4.73. The van der Waals surface area contributed by atoms with Gasteiger partial charge in [-0.25, -0.2) is 0 Å². The predicted molar refractivity (Wildman–Crippen MR) is 85.2 cm³/mol. The highest BCUT2D eigenvalue weighted by Crippen LogP contribution is 2.26. The summed E-state index contributed by atoms with van der Waals surface area (Å²) in [4.78, 5) is 4.20. The smallest absolute Gasteiger partial charge is 0.134 e. The lowest BCUT2D eigenvalue weighted by Gasteiger charge is -2.16. The molecule has 3 rings (SSSR count). The Morgan fingerprint density at radius 1 is 1.19 bits per heavy atom. The lowest BCUT2D eigenvalue weighted by molar-refractivity contribution is 0.427. The van der Waals surface area contributed by atoms with Crippen molar-refractivity contribution in [1.82, 2.24) is 10.3 Å². The van der Waals surface area contributed by atoms with Crippen LogP contribution < -0.4 is 5.32 Å². The molecule has 0 aliphatic heterocycles. The lowest BCUT2D eigenvalue weighted by atomic mass is 10.1. The Morgan fingerprint density at radius 2 is 2.10 bits per heavy atom. The van der Waals surface area contributed by atoms with Gasteiger partial charge in [0.2, 0.25) is 0 Å². The standard InChI is InChI=1S/C18H20N2O/c1-2-9-20-16(11-14-6-5-10-19-13-14)18-12-15-7-3-4-8-17(15)21-18/h3-8,10,12-13,16,20H,2,9,11H2,1H3. The summed E-state index contributed by atoms with van der Waals surface area (Å²) in [6, 6.07) is 14.5. The second-order valence-electron chi connectivity index (χ2n) is 5.26. The monoisotopic (exact) mass is 280 g/mol. The highest BCUT2D eigenvalue weighted by atomic mass is 16.3. The van der Waals surface area contributed by atoms with Gasteiger partial charge in [-0.15, -0.1) is 0 Å². The molecule has 0 spiro atoms. The molecule has 0 fully saturated rings. The second kappa shape index (κ2) is 6.55. The number of nitrogens with zero attached hydrogens (tertiary/aromatic N) is 1. The first-order valence-electron chi connectivity index (χ1n) is 7.47. The van der Waals surface area contributed by atoms with Gasteiger partial charge in [-0.05, 0) is 43.1 Å². The first-order valence-corrected chi connectivity index (χ1v) is 7.47. The minimum atomic E-state index is 0.182. The average Bonchev–Trinajstić information content (AvgIpc) is 2.96. The van der Waals surface area contributed by atoms with Crippen LogP contribution in [0.2, 0.25) is 0 Å². The van der Waals surface area contributed by atoms with Crippen molar-refractivity contribution in [3.63, 3.8) is 0 Å². The van der Waals surface area contributed by atoms with E-state index in [0.29, 0.717) is 0 Å². The first kappa shape index (κ1) is 13.8. The van der Waals surface area contributed by atoms with Crippen molar-refractivity contribution < 1.29 is 4.42 Å². The molecular weight excluding hydrogens is 260 g/mol. The zero-order chi connectivity index (χ0) is 14.5. The molecule has 0 aliphatic carbocycles. The number of aromatic nitrogens is 1. The molecule has 3 heteroatoms. The molecule has 0 aliphatic rings. The van der Waals surface area contributed by atoms with E-state index >= 15 is 0 Å². The van der Waals surface area contributed by atoms with Crippen LogP contribution in [0, 0.1) is 0 Å². The number of pyridine rings is 1. The Bertz CT molecular complexity index is 658. The zero-order valence-electron chi connectivity index (χ0n) is 12.3. The summed E-state index contributed by atoms with van der Waals surface area (Å²) in [5.41, 5.74) is 2.16. The van der Waals surface area contributed by atoms with Crippen molar-refractivity contribution in [1.29, 1.82) is 0 Å². The molecule has 108 valence electrons. The normalized spacial score (nSPS) is 12.6. The zero-order valence-corrected chi connectivity index (χ0v) is 12.3. The molecule has 3 nitrogen and oxygen atoms in total. The number of rotatable bonds is 6. The van der Waals surface area contributed by atoms with E-state index < -0.39 is 0 Å². The molecule has 0 amide bonds. The quantitative estimate of drug-likeness (QED) is 0.738. The Morgan fingerprint density at radius 3 is 2.86 bits per heavy atom. The van der Waals surface area contributed by atoms with Crippen LogP contribution in [0.15, 0.2) is 59.3 Å². The van der Waals surface area contributed by atoms with E-state index in [-0.39, 0.29) is 6.04 Å². The number of hydrogen-bond donors (Lipinski definition) is 1. The van der Waals surface area contributed by atoms with Crippen LogP contribution >= 0.6 is 0 Å². The Kier molecular flexibility index (Phi) is 4.31. The molecular formula is C18H20N2O. The topological polar surface area (TPSA) is 38.1 Å². The van der Waals surface area contributed by atoms with Crippen molar-refractivity contribution in [3.8, 4) is 0 Å². The van der Waals surface area contributed by atoms with Crippen LogP contribution in [0.1, 0.15) is 30.7 Å². The predicted octanol–water partition coefficient (Wildman–Crippen LogP) is 4.11. The van der Waals surface area contributed by atoms with Crippen molar-refractivity contribution in [2.45, 2.75) is 25.8 Å². The van der Waals surface area contributed by atoms with Crippen LogP contribution in [-0.4, -0.2) is 11.5 Å². The third-order valence-corrected chi connectivity index (χ3v) is 3.59. The SMILES string of the molecule is CCCNC(Cc1cccnc1)c1cc2ccccc2o1. The summed E-state index contributed by atoms with van der Waals surface area (Å²) >= 11 is 0. The molecule has 0 bridgehead atoms. The maximum absolute atomic E-state index is 6.02. The fourth-order valence-electron chi connectivity index (χ4n) is 2.52. The molecule has 1 N–H and O–H groups in total. The number of hydrogen-bond acceptors (Lipinski definition) is 3. The highest BCUT2D eigenvalue weighted by molar-refractivity contribution is 5.77. The minimum Gasteiger partial charge on any atom is -0.459 e. The molecule has 3 aromatic rings. The fraction of sp³-hybridized carbons (Fsp3) is 0.278. The number of benzene rings is 1. The van der Waals surface area contributed by atoms with E-state index in [1.54, 1.807) is 6.20 Å². The maximum atomic E-state index is 6.02. The molecule has 0 saturated heterocycles. The second-order valence-corrected chi connectivity index (χ2v) is 5.26. The van der Waals surface area contributed by atoms with Gasteiger partial charge in [0.05, 0.1) is 6.04 Å². The van der Waals surface area contributed by atoms with Gasteiger partial charge in [-0.2, -0.15) is 0 Å². The van der Waals surface area contributed by atoms with Gasteiger partial charge in [0.15, 0.2) is 0 Å². The third kappa shape index (κ3) is 3.31. The summed E-state index contributed by atoms with van der Waals surface area (Å²) in [6.07, 6.45) is 5.71. The maximum Gasteiger partial charge on any atom is 0.134 e. The largest absolute Gasteiger partial charge is 0.459 e. The van der Waals surface area contributed by atoms with Crippen molar-refractivity contribution in [2.24, 2.45) is 0 Å². The van der Waals surface area contributed by atoms with E-state index in [2.05, 4.69) is 35.4 Å². The molecule has 2 aromatic heterocycles. The van der Waals surface area contributed by atoms with E-state index in [1.165, 1.54) is 5.56 Å².